The molecule has 14 heavy (non-hydrogen) atoms. The molecule has 78 valence electrons. The van der Waals surface area contributed by atoms with E-state index in [9.17, 15) is 4.39 Å². The van der Waals surface area contributed by atoms with Crippen molar-refractivity contribution >= 4 is 22.6 Å². The Morgan fingerprint density at radius 1 is 1.36 bits per heavy atom. The molecule has 1 rings (SSSR count). The lowest BCUT2D eigenvalue weighted by atomic mass is 9.83. The highest BCUT2D eigenvalue weighted by Crippen LogP contribution is 2.32. The Labute approximate surface area is 98.0 Å². The van der Waals surface area contributed by atoms with Crippen LogP contribution in [0.5, 0.6) is 0 Å². The third-order valence-electron chi connectivity index (χ3n) is 2.23. The molecule has 1 aromatic rings. The maximum atomic E-state index is 13.5. The molecule has 2 N–H and O–H groups in total. The van der Waals surface area contributed by atoms with Crippen LogP contribution in [0.25, 0.3) is 0 Å². The summed E-state index contributed by atoms with van der Waals surface area (Å²) in [6, 6.07) is 4.76. The molecule has 1 atom stereocenters. The van der Waals surface area contributed by atoms with Gasteiger partial charge in [0.2, 0.25) is 0 Å². The molecule has 0 saturated heterocycles. The van der Waals surface area contributed by atoms with E-state index in [0.717, 1.165) is 3.57 Å². The van der Waals surface area contributed by atoms with Gasteiger partial charge in [-0.1, -0.05) is 20.8 Å². The molecule has 0 saturated carbocycles. The summed E-state index contributed by atoms with van der Waals surface area (Å²) in [5.41, 5.74) is 6.48. The van der Waals surface area contributed by atoms with E-state index < -0.39 is 0 Å². The van der Waals surface area contributed by atoms with E-state index in [1.54, 1.807) is 6.07 Å². The van der Waals surface area contributed by atoms with Crippen molar-refractivity contribution < 1.29 is 4.39 Å². The summed E-state index contributed by atoms with van der Waals surface area (Å²) in [5, 5.41) is 0. The lowest BCUT2D eigenvalue weighted by molar-refractivity contribution is 0.319. The predicted octanol–water partition coefficient (Wildman–Crippen LogP) is 3.48. The highest BCUT2D eigenvalue weighted by molar-refractivity contribution is 14.1. The van der Waals surface area contributed by atoms with Crippen molar-refractivity contribution in [2.75, 3.05) is 0 Å². The quantitative estimate of drug-likeness (QED) is 0.790. The first-order valence-electron chi connectivity index (χ1n) is 4.53. The molecule has 3 heteroatoms. The molecule has 0 amide bonds. The highest BCUT2D eigenvalue weighted by Gasteiger charge is 2.24. The van der Waals surface area contributed by atoms with Crippen molar-refractivity contribution in [3.8, 4) is 0 Å². The van der Waals surface area contributed by atoms with E-state index in [2.05, 4.69) is 22.6 Å². The average molecular weight is 307 g/mol. The zero-order chi connectivity index (χ0) is 10.9. The van der Waals surface area contributed by atoms with E-state index in [1.807, 2.05) is 26.8 Å². The summed E-state index contributed by atoms with van der Waals surface area (Å²) in [6.45, 7) is 6.03. The number of hydrogen-bond donors (Lipinski definition) is 1. The van der Waals surface area contributed by atoms with E-state index in [-0.39, 0.29) is 17.3 Å². The van der Waals surface area contributed by atoms with Gasteiger partial charge in [-0.05, 0) is 46.2 Å². The topological polar surface area (TPSA) is 26.0 Å². The summed E-state index contributed by atoms with van der Waals surface area (Å²) in [4.78, 5) is 0. The van der Waals surface area contributed by atoms with Gasteiger partial charge in [0.15, 0.2) is 0 Å². The van der Waals surface area contributed by atoms with Gasteiger partial charge < -0.3 is 5.73 Å². The first-order valence-corrected chi connectivity index (χ1v) is 5.61. The Morgan fingerprint density at radius 3 is 2.43 bits per heavy atom. The molecule has 0 radical (unpaired) electrons. The van der Waals surface area contributed by atoms with Crippen LogP contribution in [0.1, 0.15) is 32.4 Å². The molecular weight excluding hydrogens is 292 g/mol. The van der Waals surface area contributed by atoms with Crippen LogP contribution < -0.4 is 5.73 Å². The molecule has 0 fully saturated rings. The monoisotopic (exact) mass is 307 g/mol. The maximum Gasteiger partial charge on any atom is 0.128 e. The zero-order valence-corrected chi connectivity index (χ0v) is 10.8. The number of nitrogens with two attached hydrogens (primary N) is 1. The Balaban J connectivity index is 3.12. The minimum Gasteiger partial charge on any atom is -0.323 e. The second-order valence-electron chi connectivity index (χ2n) is 4.51. The molecule has 1 unspecified atom stereocenters. The van der Waals surface area contributed by atoms with Crippen molar-refractivity contribution in [3.63, 3.8) is 0 Å². The number of benzene rings is 1. The van der Waals surface area contributed by atoms with Crippen LogP contribution in [-0.4, -0.2) is 0 Å². The van der Waals surface area contributed by atoms with Gasteiger partial charge in [-0.2, -0.15) is 0 Å². The summed E-state index contributed by atoms with van der Waals surface area (Å²) >= 11 is 2.16. The van der Waals surface area contributed by atoms with Crippen molar-refractivity contribution in [1.82, 2.24) is 0 Å². The summed E-state index contributed by atoms with van der Waals surface area (Å²) in [6.07, 6.45) is 0. The molecule has 0 bridgehead atoms. The second kappa shape index (κ2) is 4.14. The van der Waals surface area contributed by atoms with E-state index in [4.69, 9.17) is 5.73 Å². The zero-order valence-electron chi connectivity index (χ0n) is 8.64. The van der Waals surface area contributed by atoms with E-state index >= 15 is 0 Å². The third kappa shape index (κ3) is 2.67. The van der Waals surface area contributed by atoms with Gasteiger partial charge in [0.05, 0.1) is 0 Å². The van der Waals surface area contributed by atoms with Gasteiger partial charge in [-0.25, -0.2) is 4.39 Å². The van der Waals surface area contributed by atoms with Gasteiger partial charge in [0, 0.05) is 15.2 Å². The standard InChI is InChI=1S/C11H15FIN/c1-11(2,3)10(14)8-6-7(13)4-5-9(8)12/h4-6,10H,14H2,1-3H3. The van der Waals surface area contributed by atoms with Crippen LogP contribution in [0.4, 0.5) is 4.39 Å². The van der Waals surface area contributed by atoms with Crippen molar-refractivity contribution in [3.05, 3.63) is 33.1 Å². The van der Waals surface area contributed by atoms with Gasteiger partial charge in [-0.3, -0.25) is 0 Å². The minimum absolute atomic E-state index is 0.120. The van der Waals surface area contributed by atoms with Crippen LogP contribution in [-0.2, 0) is 0 Å². The smallest absolute Gasteiger partial charge is 0.128 e. The summed E-state index contributed by atoms with van der Waals surface area (Å²) in [5.74, 6) is -0.215. The molecule has 1 aromatic carbocycles. The van der Waals surface area contributed by atoms with E-state index in [1.165, 1.54) is 6.07 Å². The minimum atomic E-state index is -0.266. The lowest BCUT2D eigenvalue weighted by Gasteiger charge is -2.27. The predicted molar refractivity (Wildman–Crippen MR) is 65.5 cm³/mol. The van der Waals surface area contributed by atoms with Crippen LogP contribution >= 0.6 is 22.6 Å². The Kier molecular flexibility index (Phi) is 3.53. The lowest BCUT2D eigenvalue weighted by Crippen LogP contribution is -2.27. The van der Waals surface area contributed by atoms with Crippen LogP contribution in [0.2, 0.25) is 0 Å². The van der Waals surface area contributed by atoms with Crippen molar-refractivity contribution in [2.45, 2.75) is 26.8 Å². The normalized spacial score (nSPS) is 14.1. The molecule has 0 aliphatic heterocycles. The fourth-order valence-electron chi connectivity index (χ4n) is 1.22. The first-order chi connectivity index (χ1) is 6.32. The van der Waals surface area contributed by atoms with E-state index in [0.29, 0.717) is 5.56 Å². The molecule has 0 aliphatic rings. The van der Waals surface area contributed by atoms with Gasteiger partial charge >= 0.3 is 0 Å². The van der Waals surface area contributed by atoms with Crippen molar-refractivity contribution in [2.24, 2.45) is 11.1 Å². The molecule has 0 aromatic heterocycles. The van der Waals surface area contributed by atoms with Crippen LogP contribution in [0, 0.1) is 14.8 Å². The highest BCUT2D eigenvalue weighted by atomic mass is 127. The summed E-state index contributed by atoms with van der Waals surface area (Å²) in [7, 11) is 0. The fourth-order valence-corrected chi connectivity index (χ4v) is 1.73. The Morgan fingerprint density at radius 2 is 1.93 bits per heavy atom. The van der Waals surface area contributed by atoms with Crippen LogP contribution in [0.3, 0.4) is 0 Å². The molecule has 0 aliphatic carbocycles. The van der Waals surface area contributed by atoms with Gasteiger partial charge in [0.1, 0.15) is 5.82 Å². The third-order valence-corrected chi connectivity index (χ3v) is 2.90. The first kappa shape index (κ1) is 11.9. The van der Waals surface area contributed by atoms with Crippen molar-refractivity contribution in [1.29, 1.82) is 0 Å². The molecule has 1 nitrogen and oxygen atoms in total. The summed E-state index contributed by atoms with van der Waals surface area (Å²) < 4.78 is 14.5. The molecule has 0 spiro atoms. The number of rotatable bonds is 1. The van der Waals surface area contributed by atoms with Crippen LogP contribution in [0.15, 0.2) is 18.2 Å². The number of hydrogen-bond acceptors (Lipinski definition) is 1. The molecule has 0 heterocycles. The van der Waals surface area contributed by atoms with Gasteiger partial charge in [0.25, 0.3) is 0 Å². The Hall–Kier alpha value is -0.160. The molecular formula is C11H15FIN. The second-order valence-corrected chi connectivity index (χ2v) is 5.76. The SMILES string of the molecule is CC(C)(C)C(N)c1cc(I)ccc1F. The van der Waals surface area contributed by atoms with Gasteiger partial charge in [-0.15, -0.1) is 0 Å². The largest absolute Gasteiger partial charge is 0.323 e. The Bertz CT molecular complexity index is 331. The fraction of sp³-hybridized carbons (Fsp3) is 0.455. The average Bonchev–Trinajstić information content (AvgIpc) is 2.06. The number of halogens is 2. The maximum absolute atomic E-state index is 13.5.